The highest BCUT2D eigenvalue weighted by Gasteiger charge is 2.19. The standard InChI is InChI=1S/C22H24ClN3O3/c1-15-21(16(2)26(25-15)14-18-8-3-5-9-19(18)23)22(28)24-13-17-7-4-6-10-20(17)29-12-11-27/h3-10,27H,11-14H2,1-2H3,(H,24,28). The number of benzene rings is 2. The van der Waals surface area contributed by atoms with Gasteiger partial charge in [-0.25, -0.2) is 0 Å². The second-order valence-corrected chi connectivity index (χ2v) is 7.06. The zero-order valence-electron chi connectivity index (χ0n) is 16.5. The molecule has 1 amide bonds. The minimum Gasteiger partial charge on any atom is -0.491 e. The lowest BCUT2D eigenvalue weighted by Crippen LogP contribution is -2.24. The Balaban J connectivity index is 1.74. The fourth-order valence-electron chi connectivity index (χ4n) is 3.18. The van der Waals surface area contributed by atoms with Gasteiger partial charge >= 0.3 is 0 Å². The molecule has 0 fully saturated rings. The van der Waals surface area contributed by atoms with Gasteiger partial charge in [0, 0.05) is 22.8 Å². The Morgan fingerprint density at radius 3 is 2.55 bits per heavy atom. The summed E-state index contributed by atoms with van der Waals surface area (Å²) in [6, 6.07) is 15.0. The van der Waals surface area contributed by atoms with Gasteiger partial charge in [-0.2, -0.15) is 5.10 Å². The molecule has 0 radical (unpaired) electrons. The predicted molar refractivity (Wildman–Crippen MR) is 112 cm³/mol. The van der Waals surface area contributed by atoms with Crippen molar-refractivity contribution in [2.75, 3.05) is 13.2 Å². The Labute approximate surface area is 175 Å². The number of hydrogen-bond acceptors (Lipinski definition) is 4. The molecule has 0 aliphatic heterocycles. The van der Waals surface area contributed by atoms with E-state index < -0.39 is 0 Å². The Bertz CT molecular complexity index is 1000. The molecule has 0 aliphatic rings. The van der Waals surface area contributed by atoms with E-state index in [0.717, 1.165) is 16.8 Å². The first-order chi connectivity index (χ1) is 14.0. The minimum absolute atomic E-state index is 0.0658. The average Bonchev–Trinajstić information content (AvgIpc) is 3.00. The number of aryl methyl sites for hydroxylation is 1. The summed E-state index contributed by atoms with van der Waals surface area (Å²) >= 11 is 6.26. The third-order valence-corrected chi connectivity index (χ3v) is 5.02. The molecule has 0 bridgehead atoms. The third kappa shape index (κ3) is 4.96. The van der Waals surface area contributed by atoms with Crippen LogP contribution in [0.2, 0.25) is 5.02 Å². The van der Waals surface area contributed by atoms with E-state index in [1.54, 1.807) is 4.68 Å². The summed E-state index contributed by atoms with van der Waals surface area (Å²) in [5.74, 6) is 0.451. The molecule has 0 atom stereocenters. The van der Waals surface area contributed by atoms with E-state index in [4.69, 9.17) is 21.4 Å². The fourth-order valence-corrected chi connectivity index (χ4v) is 3.37. The Morgan fingerprint density at radius 2 is 1.83 bits per heavy atom. The number of rotatable bonds is 8. The SMILES string of the molecule is Cc1nn(Cc2ccccc2Cl)c(C)c1C(=O)NCc1ccccc1OCCO. The molecule has 1 heterocycles. The zero-order chi connectivity index (χ0) is 20.8. The molecule has 2 aromatic carbocycles. The quantitative estimate of drug-likeness (QED) is 0.592. The summed E-state index contributed by atoms with van der Waals surface area (Å²) in [6.45, 7) is 4.65. The largest absolute Gasteiger partial charge is 0.491 e. The number of aromatic nitrogens is 2. The molecular weight excluding hydrogens is 390 g/mol. The van der Waals surface area contributed by atoms with Gasteiger partial charge in [0.1, 0.15) is 12.4 Å². The lowest BCUT2D eigenvalue weighted by molar-refractivity contribution is 0.0949. The highest BCUT2D eigenvalue weighted by molar-refractivity contribution is 6.31. The van der Waals surface area contributed by atoms with Gasteiger partial charge in [0.05, 0.1) is 24.4 Å². The molecule has 0 aliphatic carbocycles. The minimum atomic E-state index is -0.192. The van der Waals surface area contributed by atoms with Gasteiger partial charge in [-0.1, -0.05) is 48.0 Å². The molecule has 7 heteroatoms. The number of ether oxygens (including phenoxy) is 1. The smallest absolute Gasteiger partial charge is 0.255 e. The van der Waals surface area contributed by atoms with Crippen molar-refractivity contribution < 1.29 is 14.6 Å². The summed E-state index contributed by atoms with van der Waals surface area (Å²) in [5.41, 5.74) is 3.79. The van der Waals surface area contributed by atoms with Crippen LogP contribution in [0.15, 0.2) is 48.5 Å². The molecule has 0 saturated heterocycles. The van der Waals surface area contributed by atoms with Gasteiger partial charge in [-0.15, -0.1) is 0 Å². The molecule has 0 saturated carbocycles. The van der Waals surface area contributed by atoms with Crippen LogP contribution in [0.4, 0.5) is 0 Å². The Morgan fingerprint density at radius 1 is 1.14 bits per heavy atom. The first-order valence-corrected chi connectivity index (χ1v) is 9.76. The maximum atomic E-state index is 12.8. The van der Waals surface area contributed by atoms with Crippen molar-refractivity contribution >= 4 is 17.5 Å². The summed E-state index contributed by atoms with van der Waals surface area (Å²) in [5, 5.41) is 17.1. The summed E-state index contributed by atoms with van der Waals surface area (Å²) in [6.07, 6.45) is 0. The molecule has 3 rings (SSSR count). The number of para-hydroxylation sites is 1. The predicted octanol–water partition coefficient (Wildman–Crippen LogP) is 3.50. The van der Waals surface area contributed by atoms with Gasteiger partial charge in [-0.05, 0) is 31.5 Å². The first-order valence-electron chi connectivity index (χ1n) is 9.38. The van der Waals surface area contributed by atoms with Crippen LogP contribution in [0.3, 0.4) is 0 Å². The summed E-state index contributed by atoms with van der Waals surface area (Å²) in [4.78, 5) is 12.8. The maximum absolute atomic E-state index is 12.8. The lowest BCUT2D eigenvalue weighted by atomic mass is 10.1. The summed E-state index contributed by atoms with van der Waals surface area (Å²) < 4.78 is 7.32. The average molecular weight is 414 g/mol. The molecule has 0 spiro atoms. The van der Waals surface area contributed by atoms with Crippen molar-refractivity contribution in [2.45, 2.75) is 26.9 Å². The van der Waals surface area contributed by atoms with Crippen LogP contribution < -0.4 is 10.1 Å². The van der Waals surface area contributed by atoms with E-state index in [9.17, 15) is 4.79 Å². The van der Waals surface area contributed by atoms with Crippen LogP contribution >= 0.6 is 11.6 Å². The molecule has 2 N–H and O–H groups in total. The monoisotopic (exact) mass is 413 g/mol. The molecule has 1 aromatic heterocycles. The molecule has 3 aromatic rings. The molecular formula is C22H24ClN3O3. The second kappa shape index (κ2) is 9.58. The molecule has 0 unspecified atom stereocenters. The van der Waals surface area contributed by atoms with Crippen LogP contribution in [0.1, 0.15) is 32.9 Å². The highest BCUT2D eigenvalue weighted by Crippen LogP contribution is 2.21. The number of hydrogen-bond donors (Lipinski definition) is 2. The normalized spacial score (nSPS) is 10.8. The van der Waals surface area contributed by atoms with E-state index in [1.807, 2.05) is 62.4 Å². The van der Waals surface area contributed by atoms with Gasteiger partial charge in [0.15, 0.2) is 0 Å². The zero-order valence-corrected chi connectivity index (χ0v) is 17.2. The number of halogens is 1. The van der Waals surface area contributed by atoms with Crippen molar-refractivity contribution in [3.63, 3.8) is 0 Å². The number of nitrogens with one attached hydrogen (secondary N) is 1. The second-order valence-electron chi connectivity index (χ2n) is 6.66. The van der Waals surface area contributed by atoms with Crippen molar-refractivity contribution in [2.24, 2.45) is 0 Å². The Kier molecular flexibility index (Phi) is 6.90. The lowest BCUT2D eigenvalue weighted by Gasteiger charge is -2.12. The van der Waals surface area contributed by atoms with Crippen molar-refractivity contribution in [1.82, 2.24) is 15.1 Å². The number of amides is 1. The van der Waals surface area contributed by atoms with Crippen molar-refractivity contribution in [3.05, 3.63) is 81.6 Å². The molecule has 29 heavy (non-hydrogen) atoms. The number of aliphatic hydroxyl groups is 1. The molecule has 152 valence electrons. The number of nitrogens with zero attached hydrogens (tertiary/aromatic N) is 2. The van der Waals surface area contributed by atoms with Gasteiger partial charge in [0.2, 0.25) is 0 Å². The van der Waals surface area contributed by atoms with E-state index in [0.29, 0.717) is 35.1 Å². The van der Waals surface area contributed by atoms with Crippen molar-refractivity contribution in [3.8, 4) is 5.75 Å². The van der Waals surface area contributed by atoms with Crippen LogP contribution in [0, 0.1) is 13.8 Å². The number of aliphatic hydroxyl groups excluding tert-OH is 1. The van der Waals surface area contributed by atoms with Crippen LogP contribution in [0.25, 0.3) is 0 Å². The Hall–Kier alpha value is -2.83. The molecule has 6 nitrogen and oxygen atoms in total. The maximum Gasteiger partial charge on any atom is 0.255 e. The first kappa shape index (κ1) is 20.9. The fraction of sp³-hybridized carbons (Fsp3) is 0.273. The van der Waals surface area contributed by atoms with Crippen LogP contribution in [-0.4, -0.2) is 34.0 Å². The van der Waals surface area contributed by atoms with E-state index in [2.05, 4.69) is 10.4 Å². The number of carbonyl (C=O) groups excluding carboxylic acids is 1. The van der Waals surface area contributed by atoms with Crippen molar-refractivity contribution in [1.29, 1.82) is 0 Å². The van der Waals surface area contributed by atoms with Gasteiger partial charge in [-0.3, -0.25) is 9.48 Å². The van der Waals surface area contributed by atoms with Gasteiger partial charge < -0.3 is 15.2 Å². The highest BCUT2D eigenvalue weighted by atomic mass is 35.5. The van der Waals surface area contributed by atoms with Gasteiger partial charge in [0.25, 0.3) is 5.91 Å². The topological polar surface area (TPSA) is 76.4 Å². The number of carbonyl (C=O) groups is 1. The van der Waals surface area contributed by atoms with Crippen LogP contribution in [-0.2, 0) is 13.1 Å². The van der Waals surface area contributed by atoms with E-state index in [-0.39, 0.29) is 19.1 Å². The van der Waals surface area contributed by atoms with E-state index in [1.165, 1.54) is 0 Å². The third-order valence-electron chi connectivity index (χ3n) is 4.65. The van der Waals surface area contributed by atoms with E-state index >= 15 is 0 Å². The van der Waals surface area contributed by atoms with Crippen LogP contribution in [0.5, 0.6) is 5.75 Å². The summed E-state index contributed by atoms with van der Waals surface area (Å²) in [7, 11) is 0.